The van der Waals surface area contributed by atoms with Crippen molar-refractivity contribution in [1.29, 1.82) is 0 Å². The normalized spacial score (nSPS) is 21.6. The van der Waals surface area contributed by atoms with Crippen molar-refractivity contribution in [1.82, 2.24) is 0 Å². The zero-order valence-corrected chi connectivity index (χ0v) is 13.9. The van der Waals surface area contributed by atoms with Crippen LogP contribution >= 0.6 is 0 Å². The fraction of sp³-hybridized carbons (Fsp3) is 0.136. The molecule has 2 atom stereocenters. The molecule has 124 valence electrons. The number of anilines is 1. The van der Waals surface area contributed by atoms with Crippen molar-refractivity contribution in [2.45, 2.75) is 17.9 Å². The average Bonchev–Trinajstić information content (AvgIpc) is 3.37. The van der Waals surface area contributed by atoms with Crippen LogP contribution in [0.1, 0.15) is 33.8 Å². The lowest BCUT2D eigenvalue weighted by molar-refractivity contribution is 0.102. The van der Waals surface area contributed by atoms with Gasteiger partial charge < -0.3 is 11.1 Å². The van der Waals surface area contributed by atoms with Crippen molar-refractivity contribution in [2.75, 3.05) is 5.32 Å². The Labute approximate surface area is 147 Å². The summed E-state index contributed by atoms with van der Waals surface area (Å²) < 4.78 is 0. The predicted octanol–water partition coefficient (Wildman–Crippen LogP) is 4.28. The van der Waals surface area contributed by atoms with Crippen LogP contribution in [0.15, 0.2) is 84.9 Å². The van der Waals surface area contributed by atoms with Gasteiger partial charge in [0.1, 0.15) is 0 Å². The van der Waals surface area contributed by atoms with E-state index in [-0.39, 0.29) is 11.4 Å². The number of carbonyl (C=O) groups is 1. The summed E-state index contributed by atoms with van der Waals surface area (Å²) in [6.45, 7) is 0. The third-order valence-corrected chi connectivity index (χ3v) is 4.92. The molecule has 0 radical (unpaired) electrons. The minimum absolute atomic E-state index is 0.0998. The molecule has 0 spiro atoms. The van der Waals surface area contributed by atoms with Crippen molar-refractivity contribution in [3.8, 4) is 0 Å². The highest BCUT2D eigenvalue weighted by atomic mass is 16.1. The number of hydrogen-bond acceptors (Lipinski definition) is 2. The Kier molecular flexibility index (Phi) is 3.86. The maximum atomic E-state index is 12.2. The van der Waals surface area contributed by atoms with Crippen molar-refractivity contribution in [3.63, 3.8) is 0 Å². The van der Waals surface area contributed by atoms with Crippen molar-refractivity contribution in [3.05, 3.63) is 102 Å². The molecule has 0 saturated heterocycles. The van der Waals surface area contributed by atoms with Gasteiger partial charge in [0.2, 0.25) is 0 Å². The molecule has 4 rings (SSSR count). The summed E-state index contributed by atoms with van der Waals surface area (Å²) in [5, 5.41) is 2.93. The third kappa shape index (κ3) is 3.06. The van der Waals surface area contributed by atoms with E-state index in [4.69, 9.17) is 5.73 Å². The van der Waals surface area contributed by atoms with Gasteiger partial charge in [-0.1, -0.05) is 60.7 Å². The van der Waals surface area contributed by atoms with E-state index in [1.165, 1.54) is 11.1 Å². The fourth-order valence-electron chi connectivity index (χ4n) is 3.35. The number of hydrogen-bond donors (Lipinski definition) is 2. The number of carbonyl (C=O) groups excluding carboxylic acids is 1. The molecule has 0 unspecified atom stereocenters. The maximum absolute atomic E-state index is 12.2. The SMILES string of the molecule is N[C@]1(c2ccccc2)C[C@H]1c1ccc(NC(=O)c2ccccc2)cc1. The van der Waals surface area contributed by atoms with Crippen LogP contribution in [0.2, 0.25) is 0 Å². The van der Waals surface area contributed by atoms with Crippen LogP contribution in [0.3, 0.4) is 0 Å². The summed E-state index contributed by atoms with van der Waals surface area (Å²) in [5.74, 6) is 0.228. The van der Waals surface area contributed by atoms with Gasteiger partial charge >= 0.3 is 0 Å². The summed E-state index contributed by atoms with van der Waals surface area (Å²) in [6, 6.07) is 27.5. The molecular formula is C22H20N2O. The number of amides is 1. The average molecular weight is 328 g/mol. The molecule has 0 aromatic heterocycles. The quantitative estimate of drug-likeness (QED) is 0.751. The van der Waals surface area contributed by atoms with Crippen LogP contribution < -0.4 is 11.1 Å². The van der Waals surface area contributed by atoms with Crippen molar-refractivity contribution >= 4 is 11.6 Å². The van der Waals surface area contributed by atoms with Gasteiger partial charge in [-0.15, -0.1) is 0 Å². The molecule has 3 nitrogen and oxygen atoms in total. The van der Waals surface area contributed by atoms with Gasteiger partial charge in [-0.2, -0.15) is 0 Å². The minimum atomic E-state index is -0.268. The van der Waals surface area contributed by atoms with Gasteiger partial charge in [-0.25, -0.2) is 0 Å². The van der Waals surface area contributed by atoms with Crippen LogP contribution in [0.4, 0.5) is 5.69 Å². The van der Waals surface area contributed by atoms with Crippen molar-refractivity contribution < 1.29 is 4.79 Å². The topological polar surface area (TPSA) is 55.1 Å². The van der Waals surface area contributed by atoms with Crippen LogP contribution in [-0.2, 0) is 5.54 Å². The van der Waals surface area contributed by atoms with Crippen molar-refractivity contribution in [2.24, 2.45) is 5.73 Å². The van der Waals surface area contributed by atoms with Crippen LogP contribution in [0, 0.1) is 0 Å². The first-order chi connectivity index (χ1) is 12.2. The minimum Gasteiger partial charge on any atom is -0.322 e. The number of nitrogens with one attached hydrogen (secondary N) is 1. The Balaban J connectivity index is 1.46. The summed E-state index contributed by atoms with van der Waals surface area (Å²) >= 11 is 0. The first kappa shape index (κ1) is 15.6. The molecule has 0 heterocycles. The monoisotopic (exact) mass is 328 g/mol. The number of benzene rings is 3. The molecule has 1 amide bonds. The van der Waals surface area contributed by atoms with Crippen LogP contribution in [0.5, 0.6) is 0 Å². The van der Waals surface area contributed by atoms with E-state index in [2.05, 4.69) is 29.6 Å². The molecule has 3 aromatic carbocycles. The van der Waals surface area contributed by atoms with E-state index in [1.807, 2.05) is 48.5 Å². The predicted molar refractivity (Wildman–Crippen MR) is 101 cm³/mol. The van der Waals surface area contributed by atoms with Crippen LogP contribution in [-0.4, -0.2) is 5.91 Å². The molecule has 0 aliphatic heterocycles. The fourth-order valence-corrected chi connectivity index (χ4v) is 3.35. The summed E-state index contributed by atoms with van der Waals surface area (Å²) in [5.41, 5.74) is 10.1. The Morgan fingerprint density at radius 3 is 2.12 bits per heavy atom. The second-order valence-electron chi connectivity index (χ2n) is 6.61. The van der Waals surface area contributed by atoms with Gasteiger partial charge in [0, 0.05) is 22.7 Å². The molecule has 3 N–H and O–H groups in total. The standard InChI is InChI=1S/C22H20N2O/c23-22(18-9-5-2-6-10-18)15-20(22)16-11-13-19(14-12-16)24-21(25)17-7-3-1-4-8-17/h1-14,20H,15,23H2,(H,24,25)/t20-,22-/m0/s1. The van der Waals surface area contributed by atoms with E-state index < -0.39 is 0 Å². The molecule has 25 heavy (non-hydrogen) atoms. The molecule has 3 heteroatoms. The van der Waals surface area contributed by atoms with Gasteiger partial charge in [0.25, 0.3) is 5.91 Å². The van der Waals surface area contributed by atoms with Crippen LogP contribution in [0.25, 0.3) is 0 Å². The highest BCUT2D eigenvalue weighted by Gasteiger charge is 2.52. The Hall–Kier alpha value is -2.91. The molecule has 1 aliphatic carbocycles. The first-order valence-corrected chi connectivity index (χ1v) is 8.47. The van der Waals surface area contributed by atoms with Gasteiger partial charge in [-0.3, -0.25) is 4.79 Å². The zero-order chi connectivity index (χ0) is 17.3. The molecular weight excluding hydrogens is 308 g/mol. The smallest absolute Gasteiger partial charge is 0.255 e. The molecule has 1 saturated carbocycles. The lowest BCUT2D eigenvalue weighted by Gasteiger charge is -2.12. The zero-order valence-electron chi connectivity index (χ0n) is 13.9. The number of rotatable bonds is 4. The maximum Gasteiger partial charge on any atom is 0.255 e. The Morgan fingerprint density at radius 1 is 0.880 bits per heavy atom. The number of nitrogens with two attached hydrogens (primary N) is 1. The largest absolute Gasteiger partial charge is 0.322 e. The van der Waals surface area contributed by atoms with Gasteiger partial charge in [0.05, 0.1) is 0 Å². The Bertz CT molecular complexity index is 875. The summed E-state index contributed by atoms with van der Waals surface area (Å²) in [4.78, 5) is 12.2. The second-order valence-corrected chi connectivity index (χ2v) is 6.61. The van der Waals surface area contributed by atoms with E-state index in [1.54, 1.807) is 12.1 Å². The lowest BCUT2D eigenvalue weighted by atomic mass is 9.99. The lowest BCUT2D eigenvalue weighted by Crippen LogP contribution is -2.21. The van der Waals surface area contributed by atoms with Gasteiger partial charge in [-0.05, 0) is 41.8 Å². The van der Waals surface area contributed by atoms with E-state index >= 15 is 0 Å². The highest BCUT2D eigenvalue weighted by Crippen LogP contribution is 2.56. The summed E-state index contributed by atoms with van der Waals surface area (Å²) in [7, 11) is 0. The molecule has 1 aliphatic rings. The molecule has 1 fully saturated rings. The van der Waals surface area contributed by atoms with E-state index in [0.717, 1.165) is 12.1 Å². The highest BCUT2D eigenvalue weighted by molar-refractivity contribution is 6.04. The first-order valence-electron chi connectivity index (χ1n) is 8.47. The molecule has 0 bridgehead atoms. The second kappa shape index (κ2) is 6.19. The third-order valence-electron chi connectivity index (χ3n) is 4.92. The van der Waals surface area contributed by atoms with Gasteiger partial charge in [0.15, 0.2) is 0 Å². The Morgan fingerprint density at radius 2 is 1.48 bits per heavy atom. The van der Waals surface area contributed by atoms with E-state index in [9.17, 15) is 4.79 Å². The molecule has 3 aromatic rings. The summed E-state index contributed by atoms with van der Waals surface area (Å²) in [6.07, 6.45) is 0.951. The van der Waals surface area contributed by atoms with E-state index in [0.29, 0.717) is 11.5 Å².